The third-order valence-corrected chi connectivity index (χ3v) is 5.98. The number of anilines is 2. The molecular weight excluding hydrogens is 405 g/mol. The molecule has 2 aromatic rings. The molecule has 8 heteroatoms. The molecule has 1 atom stereocenters. The summed E-state index contributed by atoms with van der Waals surface area (Å²) in [7, 11) is 0. The Labute approximate surface area is 179 Å². The fraction of sp³-hybridized carbons (Fsp3) is 0.435. The van der Waals surface area contributed by atoms with E-state index in [1.807, 2.05) is 25.1 Å². The van der Waals surface area contributed by atoms with Crippen molar-refractivity contribution in [1.82, 2.24) is 4.98 Å². The number of alkyl halides is 3. The molecule has 1 amide bonds. The van der Waals surface area contributed by atoms with Crippen LogP contribution in [-0.4, -0.2) is 30.0 Å². The molecule has 0 bridgehead atoms. The van der Waals surface area contributed by atoms with Crippen LogP contribution in [0.15, 0.2) is 24.3 Å². The number of rotatable bonds is 2. The molecule has 1 aromatic heterocycles. The molecule has 0 radical (unpaired) electrons. The van der Waals surface area contributed by atoms with Gasteiger partial charge in [-0.1, -0.05) is 12.1 Å². The van der Waals surface area contributed by atoms with Crippen molar-refractivity contribution in [3.05, 3.63) is 52.2 Å². The molecule has 0 aliphatic carbocycles. The Morgan fingerprint density at radius 3 is 2.68 bits per heavy atom. The molecule has 0 spiro atoms. The Kier molecular flexibility index (Phi) is 5.38. The van der Waals surface area contributed by atoms with Crippen LogP contribution >= 0.6 is 0 Å². The molecule has 1 aromatic carbocycles. The summed E-state index contributed by atoms with van der Waals surface area (Å²) < 4.78 is 40.7. The molecule has 0 saturated carbocycles. The number of nitrogens with zero attached hydrogens (tertiary/aromatic N) is 4. The normalized spacial score (nSPS) is 18.6. The molecule has 31 heavy (non-hydrogen) atoms. The van der Waals surface area contributed by atoms with Crippen molar-refractivity contribution in [2.75, 3.05) is 22.9 Å². The predicted molar refractivity (Wildman–Crippen MR) is 111 cm³/mol. The highest BCUT2D eigenvalue weighted by atomic mass is 19.4. The van der Waals surface area contributed by atoms with Crippen molar-refractivity contribution in [3.8, 4) is 6.07 Å². The number of hydrogen-bond donors (Lipinski definition) is 0. The minimum Gasteiger partial charge on any atom is -0.343 e. The third-order valence-electron chi connectivity index (χ3n) is 5.98. The standard InChI is InChI=1S/C23H23F3N4O/c1-14-7-8-16-5-3-10-30(20(16)11-14)22(31)19-6-4-9-29(19)21-17(13-27)18(23(24,25)26)12-15(2)28-21/h7-8,11-12,19H,3-6,9-10H2,1-2H3/t19-/m0/s1. The highest BCUT2D eigenvalue weighted by molar-refractivity contribution is 6.00. The first-order chi connectivity index (χ1) is 14.7. The second kappa shape index (κ2) is 7.88. The van der Waals surface area contributed by atoms with E-state index in [2.05, 4.69) is 4.98 Å². The minimum absolute atomic E-state index is 0.0489. The fourth-order valence-electron chi connectivity index (χ4n) is 4.57. The summed E-state index contributed by atoms with van der Waals surface area (Å²) in [5.74, 6) is -0.197. The maximum atomic E-state index is 13.6. The van der Waals surface area contributed by atoms with Crippen molar-refractivity contribution in [3.63, 3.8) is 0 Å². The maximum absolute atomic E-state index is 13.6. The number of aryl methyl sites for hydroxylation is 3. The Hall–Kier alpha value is -3.08. The van der Waals surface area contributed by atoms with Crippen LogP contribution in [0.4, 0.5) is 24.7 Å². The van der Waals surface area contributed by atoms with Gasteiger partial charge in [0.2, 0.25) is 5.91 Å². The SMILES string of the molecule is Cc1ccc2c(c1)N(C(=O)[C@@H]1CCCN1c1nc(C)cc(C(F)(F)F)c1C#N)CCC2. The first kappa shape index (κ1) is 21.2. The van der Waals surface area contributed by atoms with E-state index in [9.17, 15) is 23.2 Å². The Balaban J connectivity index is 1.74. The first-order valence-electron chi connectivity index (χ1n) is 10.4. The predicted octanol–water partition coefficient (Wildman–Crippen LogP) is 4.54. The molecule has 1 saturated heterocycles. The van der Waals surface area contributed by atoms with Gasteiger partial charge in [-0.3, -0.25) is 4.79 Å². The average molecular weight is 428 g/mol. The summed E-state index contributed by atoms with van der Waals surface area (Å²) in [5, 5.41) is 9.54. The lowest BCUT2D eigenvalue weighted by atomic mass is 9.98. The number of halogens is 3. The van der Waals surface area contributed by atoms with Crippen molar-refractivity contribution in [1.29, 1.82) is 5.26 Å². The summed E-state index contributed by atoms with van der Waals surface area (Å²) in [5.41, 5.74) is 1.65. The van der Waals surface area contributed by atoms with Gasteiger partial charge in [0.25, 0.3) is 0 Å². The fourth-order valence-corrected chi connectivity index (χ4v) is 4.57. The maximum Gasteiger partial charge on any atom is 0.417 e. The smallest absolute Gasteiger partial charge is 0.343 e. The van der Waals surface area contributed by atoms with Gasteiger partial charge in [-0.2, -0.15) is 18.4 Å². The van der Waals surface area contributed by atoms with Gasteiger partial charge in [0, 0.05) is 24.5 Å². The van der Waals surface area contributed by atoms with Crippen LogP contribution in [-0.2, 0) is 17.4 Å². The van der Waals surface area contributed by atoms with E-state index in [0.717, 1.165) is 35.7 Å². The molecule has 0 unspecified atom stereocenters. The number of carbonyl (C=O) groups excluding carboxylic acids is 1. The third kappa shape index (κ3) is 3.85. The van der Waals surface area contributed by atoms with Crippen molar-refractivity contribution in [2.24, 2.45) is 0 Å². The number of benzene rings is 1. The molecule has 5 nitrogen and oxygen atoms in total. The summed E-state index contributed by atoms with van der Waals surface area (Å²) in [6, 6.07) is 7.96. The molecule has 2 aliphatic rings. The van der Waals surface area contributed by atoms with Crippen molar-refractivity contribution < 1.29 is 18.0 Å². The van der Waals surface area contributed by atoms with E-state index >= 15 is 0 Å². The lowest BCUT2D eigenvalue weighted by Gasteiger charge is -2.35. The lowest BCUT2D eigenvalue weighted by molar-refractivity contribution is -0.137. The first-order valence-corrected chi connectivity index (χ1v) is 10.4. The molecular formula is C23H23F3N4O. The number of aromatic nitrogens is 1. The van der Waals surface area contributed by atoms with Gasteiger partial charge in [0.15, 0.2) is 0 Å². The van der Waals surface area contributed by atoms with Crippen LogP contribution in [0, 0.1) is 25.2 Å². The quantitative estimate of drug-likeness (QED) is 0.705. The van der Waals surface area contributed by atoms with Gasteiger partial charge in [-0.15, -0.1) is 0 Å². The van der Waals surface area contributed by atoms with Gasteiger partial charge >= 0.3 is 6.18 Å². The summed E-state index contributed by atoms with van der Waals surface area (Å²) in [6.07, 6.45) is -1.79. The van der Waals surface area contributed by atoms with E-state index in [0.29, 0.717) is 25.9 Å². The van der Waals surface area contributed by atoms with Gasteiger partial charge in [0.1, 0.15) is 23.5 Å². The van der Waals surface area contributed by atoms with E-state index in [4.69, 9.17) is 0 Å². The average Bonchev–Trinajstić information content (AvgIpc) is 3.21. The number of fused-ring (bicyclic) bond motifs is 1. The summed E-state index contributed by atoms with van der Waals surface area (Å²) in [4.78, 5) is 21.2. The molecule has 4 rings (SSSR count). The number of hydrogen-bond acceptors (Lipinski definition) is 4. The van der Waals surface area contributed by atoms with Crippen LogP contribution in [0.5, 0.6) is 0 Å². The highest BCUT2D eigenvalue weighted by Gasteiger charge is 2.41. The van der Waals surface area contributed by atoms with E-state index in [1.54, 1.807) is 15.9 Å². The van der Waals surface area contributed by atoms with Crippen LogP contribution in [0.1, 0.15) is 47.2 Å². The lowest BCUT2D eigenvalue weighted by Crippen LogP contribution is -2.48. The molecule has 162 valence electrons. The van der Waals surface area contributed by atoms with E-state index in [-0.39, 0.29) is 17.4 Å². The van der Waals surface area contributed by atoms with Crippen LogP contribution < -0.4 is 9.80 Å². The second-order valence-corrected chi connectivity index (χ2v) is 8.20. The van der Waals surface area contributed by atoms with Crippen molar-refractivity contribution >= 4 is 17.4 Å². The Morgan fingerprint density at radius 1 is 1.19 bits per heavy atom. The van der Waals surface area contributed by atoms with Gasteiger partial charge in [0.05, 0.1) is 5.56 Å². The zero-order valence-electron chi connectivity index (χ0n) is 17.5. The van der Waals surface area contributed by atoms with Gasteiger partial charge < -0.3 is 9.80 Å². The number of amides is 1. The summed E-state index contributed by atoms with van der Waals surface area (Å²) in [6.45, 7) is 4.39. The number of pyridine rings is 1. The highest BCUT2D eigenvalue weighted by Crippen LogP contribution is 2.38. The second-order valence-electron chi connectivity index (χ2n) is 8.20. The van der Waals surface area contributed by atoms with E-state index < -0.39 is 23.3 Å². The Bertz CT molecular complexity index is 1070. The topological polar surface area (TPSA) is 60.2 Å². The van der Waals surface area contributed by atoms with Gasteiger partial charge in [-0.05, 0) is 62.8 Å². The molecule has 0 N–H and O–H groups in total. The van der Waals surface area contributed by atoms with E-state index in [1.165, 1.54) is 6.92 Å². The molecule has 1 fully saturated rings. The van der Waals surface area contributed by atoms with Crippen LogP contribution in [0.2, 0.25) is 0 Å². The Morgan fingerprint density at radius 2 is 1.97 bits per heavy atom. The zero-order chi connectivity index (χ0) is 22.3. The monoisotopic (exact) mass is 428 g/mol. The largest absolute Gasteiger partial charge is 0.417 e. The molecule has 3 heterocycles. The zero-order valence-corrected chi connectivity index (χ0v) is 17.5. The van der Waals surface area contributed by atoms with Gasteiger partial charge in [-0.25, -0.2) is 4.98 Å². The summed E-state index contributed by atoms with van der Waals surface area (Å²) >= 11 is 0. The number of nitriles is 1. The van der Waals surface area contributed by atoms with Crippen molar-refractivity contribution in [2.45, 2.75) is 51.7 Å². The number of carbonyl (C=O) groups is 1. The molecule has 2 aliphatic heterocycles. The van der Waals surface area contributed by atoms with Crippen LogP contribution in [0.3, 0.4) is 0 Å². The van der Waals surface area contributed by atoms with Crippen LogP contribution in [0.25, 0.3) is 0 Å². The minimum atomic E-state index is -4.67.